The van der Waals surface area contributed by atoms with Gasteiger partial charge >= 0.3 is 0 Å². The van der Waals surface area contributed by atoms with Crippen LogP contribution in [0.1, 0.15) is 43.4 Å². The predicted molar refractivity (Wildman–Crippen MR) is 123 cm³/mol. The number of rotatable bonds is 4. The fraction of sp³-hybridized carbons (Fsp3) is 0.500. The molecule has 4 fully saturated rings. The average molecular weight is 422 g/mol. The molecule has 2 aromatic heterocycles. The maximum absolute atomic E-state index is 6.82. The van der Waals surface area contributed by atoms with Gasteiger partial charge < -0.3 is 5.73 Å². The molecule has 4 bridgehead atoms. The van der Waals surface area contributed by atoms with Crippen LogP contribution in [0.5, 0.6) is 0 Å². The number of nitrogens with two attached hydrogens (primary N) is 1. The van der Waals surface area contributed by atoms with Gasteiger partial charge in [-0.25, -0.2) is 9.97 Å². The second-order valence-electron chi connectivity index (χ2n) is 9.64. The molecule has 29 heavy (non-hydrogen) atoms. The van der Waals surface area contributed by atoms with Crippen LogP contribution in [0, 0.1) is 23.2 Å². The summed E-state index contributed by atoms with van der Waals surface area (Å²) in [6.07, 6.45) is 11.9. The molecule has 150 valence electrons. The summed E-state index contributed by atoms with van der Waals surface area (Å²) in [7, 11) is 0. The van der Waals surface area contributed by atoms with E-state index in [1.165, 1.54) is 43.4 Å². The van der Waals surface area contributed by atoms with Gasteiger partial charge in [0.25, 0.3) is 0 Å². The fourth-order valence-electron chi connectivity index (χ4n) is 6.92. The third kappa shape index (κ3) is 3.00. The summed E-state index contributed by atoms with van der Waals surface area (Å²) >= 11 is 3.43. The molecule has 0 saturated heterocycles. The van der Waals surface area contributed by atoms with Gasteiger partial charge in [-0.3, -0.25) is 0 Å². The number of nitrogens with zero attached hydrogens (tertiary/aromatic N) is 2. The van der Waals surface area contributed by atoms with E-state index in [1.54, 1.807) is 11.8 Å². The zero-order chi connectivity index (χ0) is 19.6. The minimum absolute atomic E-state index is 0.492. The molecule has 2 heterocycles. The Balaban J connectivity index is 1.45. The summed E-state index contributed by atoms with van der Waals surface area (Å²) < 4.78 is 0. The van der Waals surface area contributed by atoms with Crippen LogP contribution < -0.4 is 5.73 Å². The van der Waals surface area contributed by atoms with E-state index >= 15 is 0 Å². The Bertz CT molecular complexity index is 1040. The first-order valence-corrected chi connectivity index (χ1v) is 12.8. The first kappa shape index (κ1) is 18.2. The first-order valence-electron chi connectivity index (χ1n) is 10.8. The third-order valence-corrected chi connectivity index (χ3v) is 9.22. The van der Waals surface area contributed by atoms with Gasteiger partial charge in [0.15, 0.2) is 5.16 Å². The molecule has 4 saturated carbocycles. The highest BCUT2D eigenvalue weighted by molar-refractivity contribution is 7.98. The number of nitrogen functional groups attached to an aromatic ring is 1. The van der Waals surface area contributed by atoms with Crippen molar-refractivity contribution >= 4 is 39.0 Å². The van der Waals surface area contributed by atoms with E-state index in [4.69, 9.17) is 15.7 Å². The van der Waals surface area contributed by atoms with Crippen molar-refractivity contribution in [3.05, 3.63) is 35.2 Å². The molecule has 0 aliphatic heterocycles. The second-order valence-corrected chi connectivity index (χ2v) is 11.5. The molecule has 1 aromatic carbocycles. The maximum Gasteiger partial charge on any atom is 0.189 e. The number of thiophene rings is 1. The largest absolute Gasteiger partial charge is 0.397 e. The van der Waals surface area contributed by atoms with Gasteiger partial charge in [0.05, 0.1) is 16.8 Å². The summed E-state index contributed by atoms with van der Waals surface area (Å²) in [5.74, 6) is 2.92. The topological polar surface area (TPSA) is 51.8 Å². The van der Waals surface area contributed by atoms with Crippen LogP contribution in [-0.2, 0) is 6.42 Å². The molecule has 5 heteroatoms. The van der Waals surface area contributed by atoms with Gasteiger partial charge in [0.2, 0.25) is 0 Å². The fourth-order valence-corrected chi connectivity index (χ4v) is 8.61. The van der Waals surface area contributed by atoms with Crippen molar-refractivity contribution in [3.63, 3.8) is 0 Å². The van der Waals surface area contributed by atoms with E-state index in [1.807, 2.05) is 23.7 Å². The Morgan fingerprint density at radius 3 is 2.31 bits per heavy atom. The Hall–Kier alpha value is -1.59. The van der Waals surface area contributed by atoms with Gasteiger partial charge in [0, 0.05) is 10.4 Å². The molecule has 0 spiro atoms. The lowest BCUT2D eigenvalue weighted by molar-refractivity contribution is -0.0516. The Labute approximate surface area is 180 Å². The summed E-state index contributed by atoms with van der Waals surface area (Å²) in [4.78, 5) is 12.1. The smallest absolute Gasteiger partial charge is 0.189 e. The van der Waals surface area contributed by atoms with E-state index in [-0.39, 0.29) is 0 Å². The van der Waals surface area contributed by atoms with E-state index in [0.717, 1.165) is 56.5 Å². The summed E-state index contributed by atoms with van der Waals surface area (Å²) in [6, 6.07) is 10.4. The van der Waals surface area contributed by atoms with Crippen LogP contribution in [0.3, 0.4) is 0 Å². The van der Waals surface area contributed by atoms with E-state index in [9.17, 15) is 0 Å². The lowest BCUT2D eigenvalue weighted by Gasteiger charge is -2.57. The molecule has 0 radical (unpaired) electrons. The van der Waals surface area contributed by atoms with Crippen molar-refractivity contribution in [1.29, 1.82) is 0 Å². The number of aromatic nitrogens is 2. The zero-order valence-corrected chi connectivity index (χ0v) is 18.5. The average Bonchev–Trinajstić information content (AvgIpc) is 3.01. The number of hydrogen-bond acceptors (Lipinski definition) is 5. The minimum atomic E-state index is 0.492. The lowest BCUT2D eigenvalue weighted by atomic mass is 9.49. The molecule has 4 aliphatic carbocycles. The Kier molecular flexibility index (Phi) is 4.21. The molecule has 0 atom stereocenters. The maximum atomic E-state index is 6.82. The number of thioether (sulfide) groups is 1. The summed E-state index contributed by atoms with van der Waals surface area (Å²) in [6.45, 7) is 0. The van der Waals surface area contributed by atoms with Crippen LogP contribution in [-0.4, -0.2) is 16.2 Å². The van der Waals surface area contributed by atoms with Crippen LogP contribution >= 0.6 is 23.1 Å². The first-order chi connectivity index (χ1) is 14.1. The van der Waals surface area contributed by atoms with Gasteiger partial charge in [-0.1, -0.05) is 42.1 Å². The lowest BCUT2D eigenvalue weighted by Crippen LogP contribution is -2.46. The zero-order valence-electron chi connectivity index (χ0n) is 16.9. The van der Waals surface area contributed by atoms with Crippen molar-refractivity contribution in [2.75, 3.05) is 12.0 Å². The molecular formula is C24H27N3S2. The van der Waals surface area contributed by atoms with Gasteiger partial charge in [-0.05, 0) is 74.4 Å². The highest BCUT2D eigenvalue weighted by atomic mass is 32.2. The van der Waals surface area contributed by atoms with Crippen molar-refractivity contribution in [1.82, 2.24) is 9.97 Å². The monoisotopic (exact) mass is 421 g/mol. The quantitative estimate of drug-likeness (QED) is 0.390. The van der Waals surface area contributed by atoms with Crippen LogP contribution in [0.2, 0.25) is 0 Å². The molecule has 0 unspecified atom stereocenters. The van der Waals surface area contributed by atoms with Gasteiger partial charge in [-0.15, -0.1) is 11.3 Å². The molecule has 0 amide bonds. The normalized spacial score (nSPS) is 30.3. The van der Waals surface area contributed by atoms with Crippen LogP contribution in [0.4, 0.5) is 5.69 Å². The molecule has 7 rings (SSSR count). The van der Waals surface area contributed by atoms with E-state index in [0.29, 0.717) is 5.41 Å². The van der Waals surface area contributed by atoms with Crippen molar-refractivity contribution in [3.8, 4) is 11.3 Å². The number of benzene rings is 1. The Morgan fingerprint density at radius 2 is 1.69 bits per heavy atom. The highest BCUT2D eigenvalue weighted by Crippen LogP contribution is 2.61. The number of anilines is 1. The predicted octanol–water partition coefficient (Wildman–Crippen LogP) is 6.42. The standard InChI is InChI=1S/C24H27N3S2/c1-28-23-26-21(17-5-3-2-4-6-17)19-20(25)18(29-22(19)27-23)13-24-10-14-7-15(11-24)9-16(8-14)12-24/h2-6,14-16H,7-13,25H2,1H3. The van der Waals surface area contributed by atoms with Gasteiger partial charge in [-0.2, -0.15) is 0 Å². The minimum Gasteiger partial charge on any atom is -0.397 e. The summed E-state index contributed by atoms with van der Waals surface area (Å²) in [5, 5.41) is 1.90. The van der Waals surface area contributed by atoms with Gasteiger partial charge in [0.1, 0.15) is 4.83 Å². The van der Waals surface area contributed by atoms with Crippen molar-refractivity contribution in [2.45, 2.75) is 50.1 Å². The molecule has 3 nitrogen and oxygen atoms in total. The number of fused-ring (bicyclic) bond motifs is 1. The second kappa shape index (κ2) is 6.71. The van der Waals surface area contributed by atoms with E-state index < -0.39 is 0 Å². The van der Waals surface area contributed by atoms with Crippen LogP contribution in [0.15, 0.2) is 35.5 Å². The third-order valence-electron chi connectivity index (χ3n) is 7.58. The number of hydrogen-bond donors (Lipinski definition) is 1. The SMILES string of the molecule is CSc1nc(-c2ccccc2)c2c(N)c(CC34CC5CC(CC(C5)C3)C4)sc2n1. The Morgan fingerprint density at radius 1 is 1.03 bits per heavy atom. The molecular weight excluding hydrogens is 394 g/mol. The van der Waals surface area contributed by atoms with E-state index in [2.05, 4.69) is 24.3 Å². The van der Waals surface area contributed by atoms with Crippen molar-refractivity contribution < 1.29 is 0 Å². The molecule has 3 aromatic rings. The van der Waals surface area contributed by atoms with Crippen LogP contribution in [0.25, 0.3) is 21.5 Å². The van der Waals surface area contributed by atoms with Crippen molar-refractivity contribution in [2.24, 2.45) is 23.2 Å². The molecule has 2 N–H and O–H groups in total. The molecule has 4 aliphatic rings. The summed E-state index contributed by atoms with van der Waals surface area (Å²) in [5.41, 5.74) is 10.4. The highest BCUT2D eigenvalue weighted by Gasteiger charge is 2.51.